The number of hydrogen-bond acceptors (Lipinski definition) is 1. The Labute approximate surface area is 93.1 Å². The highest BCUT2D eigenvalue weighted by Gasteiger charge is 2.46. The minimum atomic E-state index is -0.553. The molecule has 88 valence electrons. The maximum Gasteiger partial charge on any atom is 0.309 e. The van der Waals surface area contributed by atoms with Crippen molar-refractivity contribution in [1.29, 1.82) is 0 Å². The van der Waals surface area contributed by atoms with E-state index < -0.39 is 11.4 Å². The van der Waals surface area contributed by atoms with Crippen LogP contribution in [0.25, 0.3) is 0 Å². The first-order valence-corrected chi connectivity index (χ1v) is 6.28. The van der Waals surface area contributed by atoms with Crippen molar-refractivity contribution in [3.05, 3.63) is 0 Å². The van der Waals surface area contributed by atoms with Crippen molar-refractivity contribution in [3.63, 3.8) is 0 Å². The van der Waals surface area contributed by atoms with Crippen LogP contribution in [0.3, 0.4) is 0 Å². The molecular formula is C13H24O2. The Morgan fingerprint density at radius 2 is 1.80 bits per heavy atom. The molecule has 0 aromatic heterocycles. The first kappa shape index (κ1) is 12.5. The number of carboxylic acids is 1. The third kappa shape index (κ3) is 2.35. The van der Waals surface area contributed by atoms with E-state index in [1.165, 1.54) is 6.42 Å². The maximum atomic E-state index is 11.6. The van der Waals surface area contributed by atoms with Crippen LogP contribution in [0.15, 0.2) is 0 Å². The van der Waals surface area contributed by atoms with Crippen molar-refractivity contribution >= 4 is 5.97 Å². The van der Waals surface area contributed by atoms with Crippen LogP contribution in [-0.4, -0.2) is 11.1 Å². The first-order chi connectivity index (χ1) is 7.04. The molecule has 1 unspecified atom stereocenters. The SMILES string of the molecule is CCC(C(C)C)C1(C(=O)O)CCCCC1. The molecule has 0 aromatic rings. The van der Waals surface area contributed by atoms with E-state index >= 15 is 0 Å². The number of rotatable bonds is 4. The molecule has 1 N–H and O–H groups in total. The van der Waals surface area contributed by atoms with Gasteiger partial charge in [0.05, 0.1) is 5.41 Å². The summed E-state index contributed by atoms with van der Waals surface area (Å²) in [5.41, 5.74) is -0.416. The van der Waals surface area contributed by atoms with Crippen molar-refractivity contribution in [2.45, 2.75) is 59.3 Å². The lowest BCUT2D eigenvalue weighted by Crippen LogP contribution is -2.42. The predicted octanol–water partition coefficient (Wildman–Crippen LogP) is 3.70. The molecule has 0 radical (unpaired) electrons. The largest absolute Gasteiger partial charge is 0.481 e. The van der Waals surface area contributed by atoms with Crippen LogP contribution >= 0.6 is 0 Å². The molecule has 0 heterocycles. The van der Waals surface area contributed by atoms with Crippen molar-refractivity contribution in [1.82, 2.24) is 0 Å². The van der Waals surface area contributed by atoms with Crippen LogP contribution in [0, 0.1) is 17.3 Å². The Kier molecular flexibility index (Phi) is 4.18. The summed E-state index contributed by atoms with van der Waals surface area (Å²) >= 11 is 0. The lowest BCUT2D eigenvalue weighted by molar-refractivity contribution is -0.157. The van der Waals surface area contributed by atoms with Gasteiger partial charge in [0.15, 0.2) is 0 Å². The predicted molar refractivity (Wildman–Crippen MR) is 61.8 cm³/mol. The van der Waals surface area contributed by atoms with E-state index in [0.717, 1.165) is 32.1 Å². The number of hydrogen-bond donors (Lipinski definition) is 1. The molecule has 0 bridgehead atoms. The van der Waals surface area contributed by atoms with Crippen molar-refractivity contribution in [2.75, 3.05) is 0 Å². The zero-order valence-electron chi connectivity index (χ0n) is 10.3. The summed E-state index contributed by atoms with van der Waals surface area (Å²) in [6, 6.07) is 0. The van der Waals surface area contributed by atoms with Crippen LogP contribution in [0.1, 0.15) is 59.3 Å². The average Bonchev–Trinajstić information content (AvgIpc) is 2.19. The van der Waals surface area contributed by atoms with Crippen LogP contribution < -0.4 is 0 Å². The molecular weight excluding hydrogens is 188 g/mol. The quantitative estimate of drug-likeness (QED) is 0.771. The highest BCUT2D eigenvalue weighted by molar-refractivity contribution is 5.75. The zero-order chi connectivity index (χ0) is 11.5. The molecule has 0 amide bonds. The molecule has 15 heavy (non-hydrogen) atoms. The van der Waals surface area contributed by atoms with Gasteiger partial charge in [-0.3, -0.25) is 4.79 Å². The molecule has 1 saturated carbocycles. The van der Waals surface area contributed by atoms with Crippen molar-refractivity contribution < 1.29 is 9.90 Å². The summed E-state index contributed by atoms with van der Waals surface area (Å²) < 4.78 is 0. The van der Waals surface area contributed by atoms with E-state index in [4.69, 9.17) is 0 Å². The molecule has 2 heteroatoms. The third-order valence-electron chi connectivity index (χ3n) is 4.13. The zero-order valence-corrected chi connectivity index (χ0v) is 10.3. The molecule has 0 spiro atoms. The standard InChI is InChI=1S/C13H24O2/c1-4-11(10(2)3)13(12(14)15)8-6-5-7-9-13/h10-11H,4-9H2,1-3H3,(H,14,15). The van der Waals surface area contributed by atoms with E-state index in [2.05, 4.69) is 20.8 Å². The average molecular weight is 212 g/mol. The summed E-state index contributed by atoms with van der Waals surface area (Å²) in [4.78, 5) is 11.6. The summed E-state index contributed by atoms with van der Waals surface area (Å²) in [5, 5.41) is 9.54. The van der Waals surface area contributed by atoms with Gasteiger partial charge in [0.25, 0.3) is 0 Å². The van der Waals surface area contributed by atoms with Gasteiger partial charge in [0, 0.05) is 0 Å². The van der Waals surface area contributed by atoms with Gasteiger partial charge in [-0.25, -0.2) is 0 Å². The van der Waals surface area contributed by atoms with Crippen molar-refractivity contribution in [3.8, 4) is 0 Å². The van der Waals surface area contributed by atoms with E-state index in [1.54, 1.807) is 0 Å². The van der Waals surface area contributed by atoms with E-state index in [0.29, 0.717) is 11.8 Å². The van der Waals surface area contributed by atoms with Crippen LogP contribution in [0.4, 0.5) is 0 Å². The number of carbonyl (C=O) groups is 1. The summed E-state index contributed by atoms with van der Waals surface area (Å²) in [7, 11) is 0. The van der Waals surface area contributed by atoms with E-state index in [-0.39, 0.29) is 0 Å². The lowest BCUT2D eigenvalue weighted by atomic mass is 9.61. The number of aliphatic carboxylic acids is 1. The summed E-state index contributed by atoms with van der Waals surface area (Å²) in [6.07, 6.45) is 6.16. The van der Waals surface area contributed by atoms with Gasteiger partial charge in [-0.05, 0) is 24.7 Å². The fourth-order valence-corrected chi connectivity index (χ4v) is 3.43. The normalized spacial score (nSPS) is 22.7. The summed E-state index contributed by atoms with van der Waals surface area (Å²) in [6.45, 7) is 6.45. The monoisotopic (exact) mass is 212 g/mol. The molecule has 0 saturated heterocycles. The third-order valence-corrected chi connectivity index (χ3v) is 4.13. The van der Waals surface area contributed by atoms with Gasteiger partial charge in [-0.1, -0.05) is 46.5 Å². The Morgan fingerprint density at radius 3 is 2.13 bits per heavy atom. The fourth-order valence-electron chi connectivity index (χ4n) is 3.43. The van der Waals surface area contributed by atoms with E-state index in [9.17, 15) is 9.90 Å². The van der Waals surface area contributed by atoms with Gasteiger partial charge in [0.2, 0.25) is 0 Å². The van der Waals surface area contributed by atoms with Crippen LogP contribution in [-0.2, 0) is 4.79 Å². The van der Waals surface area contributed by atoms with Crippen molar-refractivity contribution in [2.24, 2.45) is 17.3 Å². The Morgan fingerprint density at radius 1 is 1.27 bits per heavy atom. The van der Waals surface area contributed by atoms with Gasteiger partial charge in [-0.2, -0.15) is 0 Å². The highest BCUT2D eigenvalue weighted by Crippen LogP contribution is 2.47. The smallest absolute Gasteiger partial charge is 0.309 e. The molecule has 1 aliphatic carbocycles. The molecule has 1 aliphatic rings. The maximum absolute atomic E-state index is 11.6. The Bertz CT molecular complexity index is 215. The second kappa shape index (κ2) is 5.00. The minimum absolute atomic E-state index is 0.343. The lowest BCUT2D eigenvalue weighted by Gasteiger charge is -2.41. The molecule has 0 aromatic carbocycles. The van der Waals surface area contributed by atoms with Crippen LogP contribution in [0.2, 0.25) is 0 Å². The molecule has 1 rings (SSSR count). The molecule has 0 aliphatic heterocycles. The second-order valence-electron chi connectivity index (χ2n) is 5.28. The van der Waals surface area contributed by atoms with E-state index in [1.807, 2.05) is 0 Å². The fraction of sp³-hybridized carbons (Fsp3) is 0.923. The molecule has 1 atom stereocenters. The molecule has 1 fully saturated rings. The van der Waals surface area contributed by atoms with Gasteiger partial charge in [-0.15, -0.1) is 0 Å². The van der Waals surface area contributed by atoms with Gasteiger partial charge in [0.1, 0.15) is 0 Å². The Hall–Kier alpha value is -0.530. The second-order valence-corrected chi connectivity index (χ2v) is 5.28. The topological polar surface area (TPSA) is 37.3 Å². The van der Waals surface area contributed by atoms with Gasteiger partial charge >= 0.3 is 5.97 Å². The number of carboxylic acid groups (broad SMARTS) is 1. The first-order valence-electron chi connectivity index (χ1n) is 6.28. The Balaban J connectivity index is 2.92. The minimum Gasteiger partial charge on any atom is -0.481 e. The molecule has 2 nitrogen and oxygen atoms in total. The summed E-state index contributed by atoms with van der Waals surface area (Å²) in [5.74, 6) is 0.266. The van der Waals surface area contributed by atoms with Gasteiger partial charge < -0.3 is 5.11 Å². The highest BCUT2D eigenvalue weighted by atomic mass is 16.4. The van der Waals surface area contributed by atoms with Crippen LogP contribution in [0.5, 0.6) is 0 Å².